The summed E-state index contributed by atoms with van der Waals surface area (Å²) in [6, 6.07) is -1.19. The number of carboxylic acid groups (broad SMARTS) is 1. The number of likely N-dealkylation sites (tertiary alicyclic amines) is 1. The molecule has 1 aromatic rings. The number of hydrogen-bond donors (Lipinski definition) is 2. The maximum Gasteiger partial charge on any atom is 0.327 e. The van der Waals surface area contributed by atoms with Gasteiger partial charge in [0.2, 0.25) is 11.8 Å². The Hall–Kier alpha value is -2.18. The lowest BCUT2D eigenvalue weighted by atomic mass is 10.00. The van der Waals surface area contributed by atoms with Crippen LogP contribution in [0.1, 0.15) is 19.5 Å². The van der Waals surface area contributed by atoms with E-state index in [4.69, 9.17) is 0 Å². The zero-order chi connectivity index (χ0) is 14.2. The number of aromatic nitrogens is 2. The Labute approximate surface area is 109 Å². The molecule has 1 fully saturated rings. The van der Waals surface area contributed by atoms with Crippen LogP contribution in [0.3, 0.4) is 0 Å². The number of nitrogens with one attached hydrogen (secondary N) is 1. The maximum atomic E-state index is 12.0. The van der Waals surface area contributed by atoms with E-state index in [1.54, 1.807) is 13.8 Å². The molecular weight excluding hydrogens is 250 g/mol. The normalized spacial score (nSPS) is 24.8. The molecule has 0 spiro atoms. The summed E-state index contributed by atoms with van der Waals surface area (Å²) in [5.74, 6) is -3.00. The number of rotatable bonds is 4. The highest BCUT2D eigenvalue weighted by Gasteiger charge is 2.47. The molecule has 1 saturated heterocycles. The van der Waals surface area contributed by atoms with Crippen molar-refractivity contribution in [1.82, 2.24) is 14.9 Å². The van der Waals surface area contributed by atoms with Gasteiger partial charge >= 0.3 is 5.97 Å². The van der Waals surface area contributed by atoms with Gasteiger partial charge in [0.15, 0.2) is 0 Å². The van der Waals surface area contributed by atoms with Crippen LogP contribution in [0.4, 0.5) is 0 Å². The molecule has 19 heavy (non-hydrogen) atoms. The Kier molecular flexibility index (Phi) is 3.37. The van der Waals surface area contributed by atoms with Gasteiger partial charge in [0.25, 0.3) is 0 Å². The minimum atomic E-state index is -1.20. The second-order valence-electron chi connectivity index (χ2n) is 4.76. The van der Waals surface area contributed by atoms with Gasteiger partial charge in [-0.2, -0.15) is 0 Å². The van der Waals surface area contributed by atoms with Gasteiger partial charge in [-0.1, -0.05) is 13.8 Å². The molecular formula is C12H15N3O4. The Morgan fingerprint density at radius 3 is 2.42 bits per heavy atom. The van der Waals surface area contributed by atoms with Crippen molar-refractivity contribution >= 4 is 17.8 Å². The molecule has 2 heterocycles. The maximum absolute atomic E-state index is 12.0. The van der Waals surface area contributed by atoms with Crippen LogP contribution in [-0.4, -0.2) is 43.8 Å². The predicted octanol–water partition coefficient (Wildman–Crippen LogP) is 0.0464. The molecule has 2 N–H and O–H groups in total. The fourth-order valence-electron chi connectivity index (χ4n) is 2.18. The highest BCUT2D eigenvalue weighted by Crippen LogP contribution is 2.28. The van der Waals surface area contributed by atoms with E-state index >= 15 is 0 Å². The molecule has 0 aliphatic carbocycles. The number of aromatic amines is 1. The average Bonchev–Trinajstić information content (AvgIpc) is 2.93. The lowest BCUT2D eigenvalue weighted by Crippen LogP contribution is -2.46. The molecule has 0 bridgehead atoms. The van der Waals surface area contributed by atoms with Crippen molar-refractivity contribution in [2.45, 2.75) is 26.3 Å². The van der Waals surface area contributed by atoms with Crippen LogP contribution in [0.5, 0.6) is 0 Å². The van der Waals surface area contributed by atoms with E-state index < -0.39 is 35.7 Å². The average molecular weight is 265 g/mol. The Morgan fingerprint density at radius 1 is 1.42 bits per heavy atom. The van der Waals surface area contributed by atoms with Crippen LogP contribution in [0, 0.1) is 11.8 Å². The van der Waals surface area contributed by atoms with Gasteiger partial charge < -0.3 is 10.1 Å². The smallest absolute Gasteiger partial charge is 0.327 e. The summed E-state index contributed by atoms with van der Waals surface area (Å²) in [6.07, 6.45) is 2.94. The minimum Gasteiger partial charge on any atom is -0.480 e. The SMILES string of the molecule is CC1C(=O)N(C(Cc2cnc[nH]2)C(=O)O)C(=O)C1C. The number of hydrogen-bond acceptors (Lipinski definition) is 4. The number of amides is 2. The van der Waals surface area contributed by atoms with E-state index in [1.807, 2.05) is 0 Å². The monoisotopic (exact) mass is 265 g/mol. The van der Waals surface area contributed by atoms with Gasteiger partial charge in [0.05, 0.1) is 6.33 Å². The first-order valence-electron chi connectivity index (χ1n) is 6.00. The fraction of sp³-hybridized carbons (Fsp3) is 0.500. The summed E-state index contributed by atoms with van der Waals surface area (Å²) < 4.78 is 0. The van der Waals surface area contributed by atoms with Crippen molar-refractivity contribution in [1.29, 1.82) is 0 Å². The third kappa shape index (κ3) is 2.23. The van der Waals surface area contributed by atoms with E-state index in [0.29, 0.717) is 5.69 Å². The highest BCUT2D eigenvalue weighted by molar-refractivity contribution is 6.07. The summed E-state index contributed by atoms with van der Waals surface area (Å²) in [6.45, 7) is 3.28. The van der Waals surface area contributed by atoms with Crippen LogP contribution in [0.15, 0.2) is 12.5 Å². The van der Waals surface area contributed by atoms with E-state index in [-0.39, 0.29) is 6.42 Å². The van der Waals surface area contributed by atoms with Gasteiger partial charge in [-0.15, -0.1) is 0 Å². The highest BCUT2D eigenvalue weighted by atomic mass is 16.4. The Bertz CT molecular complexity index is 491. The van der Waals surface area contributed by atoms with Gasteiger partial charge in [0, 0.05) is 30.1 Å². The molecule has 1 aromatic heterocycles. The molecule has 1 aliphatic heterocycles. The summed E-state index contributed by atoms with van der Waals surface area (Å²) in [4.78, 5) is 42.8. The molecule has 102 valence electrons. The molecule has 1 aliphatic rings. The van der Waals surface area contributed by atoms with E-state index in [2.05, 4.69) is 9.97 Å². The summed E-state index contributed by atoms with van der Waals surface area (Å²) in [5, 5.41) is 9.26. The Balaban J connectivity index is 2.27. The first kappa shape index (κ1) is 13.3. The lowest BCUT2D eigenvalue weighted by Gasteiger charge is -2.22. The predicted molar refractivity (Wildman–Crippen MR) is 63.9 cm³/mol. The number of imidazole rings is 1. The second-order valence-corrected chi connectivity index (χ2v) is 4.76. The second kappa shape index (κ2) is 4.83. The zero-order valence-electron chi connectivity index (χ0n) is 10.7. The third-order valence-corrected chi connectivity index (χ3v) is 3.57. The molecule has 0 saturated carbocycles. The lowest BCUT2D eigenvalue weighted by molar-refractivity contribution is -0.154. The number of carboxylic acids is 1. The standard InChI is InChI=1S/C12H15N3O4/c1-6-7(2)11(17)15(10(6)16)9(12(18)19)3-8-4-13-5-14-8/h4-7,9H,3H2,1-2H3,(H,13,14)(H,18,19). The number of nitrogens with zero attached hydrogens (tertiary/aromatic N) is 2. The van der Waals surface area contributed by atoms with Gasteiger partial charge in [0.1, 0.15) is 6.04 Å². The largest absolute Gasteiger partial charge is 0.480 e. The van der Waals surface area contributed by atoms with Crippen molar-refractivity contribution in [3.8, 4) is 0 Å². The molecule has 3 atom stereocenters. The summed E-state index contributed by atoms with van der Waals surface area (Å²) in [5.41, 5.74) is 0.570. The number of H-pyrrole nitrogens is 1. The molecule has 7 nitrogen and oxygen atoms in total. The van der Waals surface area contributed by atoms with Crippen molar-refractivity contribution in [2.75, 3.05) is 0 Å². The number of carbonyl (C=O) groups excluding carboxylic acids is 2. The molecule has 2 rings (SSSR count). The van der Waals surface area contributed by atoms with Crippen LogP contribution < -0.4 is 0 Å². The van der Waals surface area contributed by atoms with Gasteiger partial charge in [-0.05, 0) is 0 Å². The molecule has 3 unspecified atom stereocenters. The van der Waals surface area contributed by atoms with Crippen molar-refractivity contribution in [2.24, 2.45) is 11.8 Å². The zero-order valence-corrected chi connectivity index (χ0v) is 10.7. The van der Waals surface area contributed by atoms with Crippen molar-refractivity contribution in [3.05, 3.63) is 18.2 Å². The van der Waals surface area contributed by atoms with Crippen molar-refractivity contribution < 1.29 is 19.5 Å². The molecule has 0 aromatic carbocycles. The van der Waals surface area contributed by atoms with E-state index in [0.717, 1.165) is 4.90 Å². The van der Waals surface area contributed by atoms with E-state index in [1.165, 1.54) is 12.5 Å². The Morgan fingerprint density at radius 2 is 2.00 bits per heavy atom. The number of imide groups is 1. The van der Waals surface area contributed by atoms with Crippen LogP contribution >= 0.6 is 0 Å². The topological polar surface area (TPSA) is 103 Å². The van der Waals surface area contributed by atoms with Crippen LogP contribution in [-0.2, 0) is 20.8 Å². The quantitative estimate of drug-likeness (QED) is 0.748. The van der Waals surface area contributed by atoms with E-state index in [9.17, 15) is 19.5 Å². The summed E-state index contributed by atoms with van der Waals surface area (Å²) >= 11 is 0. The third-order valence-electron chi connectivity index (χ3n) is 3.57. The fourth-order valence-corrected chi connectivity index (χ4v) is 2.18. The number of aliphatic carboxylic acids is 1. The minimum absolute atomic E-state index is 0.0340. The van der Waals surface area contributed by atoms with Gasteiger partial charge in [-0.3, -0.25) is 14.5 Å². The van der Waals surface area contributed by atoms with Crippen LogP contribution in [0.25, 0.3) is 0 Å². The molecule has 2 amide bonds. The van der Waals surface area contributed by atoms with Gasteiger partial charge in [-0.25, -0.2) is 9.78 Å². The number of carbonyl (C=O) groups is 3. The summed E-state index contributed by atoms with van der Waals surface area (Å²) in [7, 11) is 0. The van der Waals surface area contributed by atoms with Crippen molar-refractivity contribution in [3.63, 3.8) is 0 Å². The van der Waals surface area contributed by atoms with Crippen LogP contribution in [0.2, 0.25) is 0 Å². The first-order chi connectivity index (χ1) is 8.93. The first-order valence-corrected chi connectivity index (χ1v) is 6.00. The molecule has 7 heteroatoms. The molecule has 0 radical (unpaired) electrons.